The number of nitrogens with one attached hydrogen (secondary N) is 1. The molecule has 4 nitrogen and oxygen atoms in total. The van der Waals surface area contributed by atoms with Crippen LogP contribution in [0.2, 0.25) is 0 Å². The van der Waals surface area contributed by atoms with E-state index in [-0.39, 0.29) is 5.56 Å². The molecule has 1 aliphatic heterocycles. The van der Waals surface area contributed by atoms with Crippen LogP contribution in [-0.2, 0) is 11.3 Å². The van der Waals surface area contributed by atoms with Gasteiger partial charge in [-0.2, -0.15) is 0 Å². The van der Waals surface area contributed by atoms with Gasteiger partial charge in [-0.1, -0.05) is 6.07 Å². The lowest BCUT2D eigenvalue weighted by molar-refractivity contribution is 0.0595. The molecule has 2 rings (SSSR count). The number of nitrogens with zero attached hydrogens (tertiary/aromatic N) is 1. The van der Waals surface area contributed by atoms with Crippen molar-refractivity contribution < 1.29 is 13.9 Å². The molecule has 1 saturated heterocycles. The van der Waals surface area contributed by atoms with E-state index in [9.17, 15) is 9.18 Å². The molecule has 0 aromatic heterocycles. The molecule has 0 aliphatic carbocycles. The number of hydrogen-bond acceptors (Lipinski definition) is 4. The van der Waals surface area contributed by atoms with E-state index in [1.165, 1.54) is 45.2 Å². The highest BCUT2D eigenvalue weighted by Gasteiger charge is 2.17. The van der Waals surface area contributed by atoms with Gasteiger partial charge in [-0.3, -0.25) is 4.90 Å². The second kappa shape index (κ2) is 7.52. The van der Waals surface area contributed by atoms with Crippen molar-refractivity contribution in [3.63, 3.8) is 0 Å². The number of carbonyl (C=O) groups excluding carboxylic acids is 1. The summed E-state index contributed by atoms with van der Waals surface area (Å²) in [7, 11) is 1.25. The summed E-state index contributed by atoms with van der Waals surface area (Å²) in [4.78, 5) is 13.8. The fraction of sp³-hybridized carbons (Fsp3) is 0.562. The molecule has 116 valence electrons. The Labute approximate surface area is 125 Å². The monoisotopic (exact) mass is 294 g/mol. The van der Waals surface area contributed by atoms with Crippen molar-refractivity contribution in [2.45, 2.75) is 32.4 Å². The molecule has 5 heteroatoms. The molecule has 1 heterocycles. The summed E-state index contributed by atoms with van der Waals surface area (Å²) in [6.45, 7) is 6.02. The average molecular weight is 294 g/mol. The molecule has 21 heavy (non-hydrogen) atoms. The summed E-state index contributed by atoms with van der Waals surface area (Å²) >= 11 is 0. The van der Waals surface area contributed by atoms with Gasteiger partial charge < -0.3 is 10.1 Å². The lowest BCUT2D eigenvalue weighted by Gasteiger charge is -2.24. The average Bonchev–Trinajstić information content (AvgIpc) is 3.01. The van der Waals surface area contributed by atoms with E-state index in [4.69, 9.17) is 0 Å². The molecular formula is C16H23FN2O2. The van der Waals surface area contributed by atoms with Gasteiger partial charge in [0.25, 0.3) is 0 Å². The number of ether oxygens (including phenoxy) is 1. The minimum Gasteiger partial charge on any atom is -0.465 e. The second-order valence-electron chi connectivity index (χ2n) is 5.53. The third kappa shape index (κ3) is 4.25. The summed E-state index contributed by atoms with van der Waals surface area (Å²) in [5.41, 5.74) is 0.806. The predicted molar refractivity (Wildman–Crippen MR) is 79.7 cm³/mol. The first-order valence-corrected chi connectivity index (χ1v) is 7.43. The third-order valence-electron chi connectivity index (χ3n) is 3.97. The Bertz CT molecular complexity index is 487. The number of benzene rings is 1. The molecule has 1 N–H and O–H groups in total. The minimum absolute atomic E-state index is 0.0216. The zero-order valence-corrected chi connectivity index (χ0v) is 12.7. The van der Waals surface area contributed by atoms with Crippen LogP contribution in [0, 0.1) is 5.82 Å². The van der Waals surface area contributed by atoms with Crippen LogP contribution in [0.3, 0.4) is 0 Å². The Morgan fingerprint density at radius 2 is 2.14 bits per heavy atom. The number of rotatable bonds is 6. The highest BCUT2D eigenvalue weighted by Crippen LogP contribution is 2.13. The van der Waals surface area contributed by atoms with Crippen LogP contribution >= 0.6 is 0 Å². The molecule has 1 aromatic carbocycles. The largest absolute Gasteiger partial charge is 0.465 e. The Hall–Kier alpha value is -1.46. The zero-order chi connectivity index (χ0) is 15.2. The van der Waals surface area contributed by atoms with E-state index in [2.05, 4.69) is 21.9 Å². The van der Waals surface area contributed by atoms with Crippen molar-refractivity contribution in [2.75, 3.05) is 26.7 Å². The molecule has 0 spiro atoms. The molecule has 1 fully saturated rings. The van der Waals surface area contributed by atoms with Crippen molar-refractivity contribution in [1.29, 1.82) is 0 Å². The Balaban J connectivity index is 1.83. The SMILES string of the molecule is COC(=O)c1ccc(CNCC(C)N2CCCC2)cc1F. The first kappa shape index (κ1) is 15.9. The van der Waals surface area contributed by atoms with Gasteiger partial charge in [-0.15, -0.1) is 0 Å². The van der Waals surface area contributed by atoms with Gasteiger partial charge in [-0.05, 0) is 50.6 Å². The van der Waals surface area contributed by atoms with Gasteiger partial charge in [-0.25, -0.2) is 9.18 Å². The first-order valence-electron chi connectivity index (χ1n) is 7.43. The molecule has 0 bridgehead atoms. The summed E-state index contributed by atoms with van der Waals surface area (Å²) in [5.74, 6) is -1.18. The summed E-state index contributed by atoms with van der Waals surface area (Å²) < 4.78 is 18.3. The Morgan fingerprint density at radius 1 is 1.43 bits per heavy atom. The number of hydrogen-bond donors (Lipinski definition) is 1. The molecule has 0 saturated carbocycles. The number of esters is 1. The molecule has 1 aliphatic rings. The van der Waals surface area contributed by atoms with Gasteiger partial charge in [0.15, 0.2) is 0 Å². The van der Waals surface area contributed by atoms with Crippen LogP contribution < -0.4 is 5.32 Å². The standard InChI is InChI=1S/C16H23FN2O2/c1-12(19-7-3-4-8-19)10-18-11-13-5-6-14(15(17)9-13)16(20)21-2/h5-6,9,12,18H,3-4,7-8,10-11H2,1-2H3. The summed E-state index contributed by atoms with van der Waals surface area (Å²) in [6.07, 6.45) is 2.56. The number of carbonyl (C=O) groups is 1. The third-order valence-corrected chi connectivity index (χ3v) is 3.97. The molecule has 0 radical (unpaired) electrons. The van der Waals surface area contributed by atoms with Crippen molar-refractivity contribution in [2.24, 2.45) is 0 Å². The fourth-order valence-corrected chi connectivity index (χ4v) is 2.68. The molecular weight excluding hydrogens is 271 g/mol. The molecule has 1 aromatic rings. The predicted octanol–water partition coefficient (Wildman–Crippen LogP) is 2.19. The number of methoxy groups -OCH3 is 1. The topological polar surface area (TPSA) is 41.6 Å². The molecule has 1 atom stereocenters. The van der Waals surface area contributed by atoms with Gasteiger partial charge in [0.2, 0.25) is 0 Å². The molecule has 1 unspecified atom stereocenters. The normalized spacial score (nSPS) is 16.9. The van der Waals surface area contributed by atoms with Crippen molar-refractivity contribution in [3.05, 3.63) is 35.1 Å². The summed E-state index contributed by atoms with van der Waals surface area (Å²) in [5, 5.41) is 3.34. The van der Waals surface area contributed by atoms with Crippen LogP contribution in [0.15, 0.2) is 18.2 Å². The van der Waals surface area contributed by atoms with Gasteiger partial charge in [0, 0.05) is 19.1 Å². The maximum atomic E-state index is 13.8. The Morgan fingerprint density at radius 3 is 2.76 bits per heavy atom. The Kier molecular flexibility index (Phi) is 5.70. The highest BCUT2D eigenvalue weighted by atomic mass is 19.1. The smallest absolute Gasteiger partial charge is 0.340 e. The van der Waals surface area contributed by atoms with Crippen LogP contribution in [-0.4, -0.2) is 43.7 Å². The molecule has 0 amide bonds. The fourth-order valence-electron chi connectivity index (χ4n) is 2.68. The van der Waals surface area contributed by atoms with Crippen LogP contribution in [0.4, 0.5) is 4.39 Å². The number of halogens is 1. The van der Waals surface area contributed by atoms with Crippen molar-refractivity contribution in [3.8, 4) is 0 Å². The van der Waals surface area contributed by atoms with Crippen molar-refractivity contribution >= 4 is 5.97 Å². The van der Waals surface area contributed by atoms with E-state index in [1.807, 2.05) is 0 Å². The lowest BCUT2D eigenvalue weighted by Crippen LogP contribution is -2.38. The van der Waals surface area contributed by atoms with Crippen LogP contribution in [0.1, 0.15) is 35.7 Å². The van der Waals surface area contributed by atoms with E-state index < -0.39 is 11.8 Å². The lowest BCUT2D eigenvalue weighted by atomic mass is 10.1. The number of likely N-dealkylation sites (tertiary alicyclic amines) is 1. The van der Waals surface area contributed by atoms with E-state index in [1.54, 1.807) is 6.07 Å². The van der Waals surface area contributed by atoms with Gasteiger partial charge in [0.05, 0.1) is 12.7 Å². The van der Waals surface area contributed by atoms with E-state index in [0.29, 0.717) is 12.6 Å². The summed E-state index contributed by atoms with van der Waals surface area (Å²) in [6, 6.07) is 5.11. The first-order chi connectivity index (χ1) is 10.1. The maximum absolute atomic E-state index is 13.8. The van der Waals surface area contributed by atoms with Gasteiger partial charge >= 0.3 is 5.97 Å². The van der Waals surface area contributed by atoms with E-state index in [0.717, 1.165) is 12.1 Å². The highest BCUT2D eigenvalue weighted by molar-refractivity contribution is 5.89. The maximum Gasteiger partial charge on any atom is 0.340 e. The zero-order valence-electron chi connectivity index (χ0n) is 12.7. The van der Waals surface area contributed by atoms with Gasteiger partial charge in [0.1, 0.15) is 5.82 Å². The van der Waals surface area contributed by atoms with E-state index >= 15 is 0 Å². The quantitative estimate of drug-likeness (QED) is 0.817. The van der Waals surface area contributed by atoms with Crippen molar-refractivity contribution in [1.82, 2.24) is 10.2 Å². The minimum atomic E-state index is -0.644. The van der Waals surface area contributed by atoms with Crippen LogP contribution in [0.25, 0.3) is 0 Å². The second-order valence-corrected chi connectivity index (χ2v) is 5.53. The van der Waals surface area contributed by atoms with Crippen LogP contribution in [0.5, 0.6) is 0 Å².